The number of carbonyl (C=O) groups excluding carboxylic acids is 1. The zero-order chi connectivity index (χ0) is 20.4. The Labute approximate surface area is 163 Å². The number of rotatable bonds is 5. The van der Waals surface area contributed by atoms with Crippen molar-refractivity contribution >= 4 is 17.3 Å². The minimum Gasteiger partial charge on any atom is -0.444 e. The van der Waals surface area contributed by atoms with Crippen LogP contribution in [-0.2, 0) is 0 Å². The molecule has 4 aromatic rings. The van der Waals surface area contributed by atoms with E-state index >= 15 is 0 Å². The van der Waals surface area contributed by atoms with Crippen molar-refractivity contribution in [3.05, 3.63) is 72.6 Å². The summed E-state index contributed by atoms with van der Waals surface area (Å²) in [7, 11) is 0. The molecule has 1 aromatic carbocycles. The lowest BCUT2D eigenvalue weighted by molar-refractivity contribution is 0.102. The standard InChI is InChI=1S/C19H14F2N6O2/c20-17(21)16-14(9-27(26-16)13-3-1-12(22)2-4-13)24-18(28)15-10-29-19(25-15)11-5-7-23-8-6-11/h1-10,17H,22H2,(H,24,28). The maximum absolute atomic E-state index is 13.4. The van der Waals surface area contributed by atoms with Crippen molar-refractivity contribution in [1.82, 2.24) is 19.7 Å². The number of carbonyl (C=O) groups is 1. The number of nitrogens with zero attached hydrogens (tertiary/aromatic N) is 4. The second kappa shape index (κ2) is 7.50. The van der Waals surface area contributed by atoms with Crippen LogP contribution in [0.25, 0.3) is 17.1 Å². The van der Waals surface area contributed by atoms with Gasteiger partial charge in [0.1, 0.15) is 6.26 Å². The Kier molecular flexibility index (Phi) is 4.73. The van der Waals surface area contributed by atoms with Gasteiger partial charge in [-0.05, 0) is 36.4 Å². The second-order valence-corrected chi connectivity index (χ2v) is 5.99. The lowest BCUT2D eigenvalue weighted by atomic mass is 10.3. The highest BCUT2D eigenvalue weighted by Crippen LogP contribution is 2.28. The average molecular weight is 396 g/mol. The third-order valence-electron chi connectivity index (χ3n) is 4.02. The first-order chi connectivity index (χ1) is 14.0. The van der Waals surface area contributed by atoms with E-state index in [1.54, 1.807) is 48.8 Å². The fourth-order valence-corrected chi connectivity index (χ4v) is 2.60. The van der Waals surface area contributed by atoms with Crippen molar-refractivity contribution in [2.24, 2.45) is 0 Å². The van der Waals surface area contributed by atoms with Gasteiger partial charge in [-0.15, -0.1) is 0 Å². The Morgan fingerprint density at radius 1 is 1.14 bits per heavy atom. The molecule has 3 aromatic heterocycles. The molecule has 1 amide bonds. The Morgan fingerprint density at radius 3 is 2.55 bits per heavy atom. The molecule has 0 saturated carbocycles. The van der Waals surface area contributed by atoms with Gasteiger partial charge in [-0.1, -0.05) is 0 Å². The maximum Gasteiger partial charge on any atom is 0.284 e. The number of nitrogens with one attached hydrogen (secondary N) is 1. The number of nitrogen functional groups attached to an aromatic ring is 1. The molecule has 0 atom stereocenters. The number of anilines is 2. The molecule has 10 heteroatoms. The number of oxazole rings is 1. The molecule has 8 nitrogen and oxygen atoms in total. The summed E-state index contributed by atoms with van der Waals surface area (Å²) in [6.45, 7) is 0. The number of amides is 1. The summed E-state index contributed by atoms with van der Waals surface area (Å²) in [5.41, 5.74) is 6.56. The molecule has 0 saturated heterocycles. The summed E-state index contributed by atoms with van der Waals surface area (Å²) in [4.78, 5) is 20.5. The van der Waals surface area contributed by atoms with Crippen LogP contribution in [0.2, 0.25) is 0 Å². The van der Waals surface area contributed by atoms with Crippen molar-refractivity contribution in [2.45, 2.75) is 6.43 Å². The van der Waals surface area contributed by atoms with Crippen LogP contribution in [0, 0.1) is 0 Å². The lowest BCUT2D eigenvalue weighted by Gasteiger charge is -2.02. The van der Waals surface area contributed by atoms with E-state index in [0.717, 1.165) is 6.26 Å². The molecule has 0 unspecified atom stereocenters. The van der Waals surface area contributed by atoms with E-state index in [1.165, 1.54) is 10.9 Å². The number of halogens is 2. The molecule has 0 bridgehead atoms. The van der Waals surface area contributed by atoms with E-state index in [2.05, 4.69) is 20.4 Å². The zero-order valence-electron chi connectivity index (χ0n) is 14.8. The first-order valence-electron chi connectivity index (χ1n) is 8.42. The van der Waals surface area contributed by atoms with Crippen molar-refractivity contribution in [3.8, 4) is 17.1 Å². The van der Waals surface area contributed by atoms with E-state index < -0.39 is 18.0 Å². The molecule has 0 fully saturated rings. The van der Waals surface area contributed by atoms with Gasteiger partial charge in [0.25, 0.3) is 12.3 Å². The summed E-state index contributed by atoms with van der Waals surface area (Å²) in [5.74, 6) is -0.489. The number of hydrogen-bond donors (Lipinski definition) is 2. The summed E-state index contributed by atoms with van der Waals surface area (Å²) < 4.78 is 33.4. The third-order valence-corrected chi connectivity index (χ3v) is 4.02. The molecule has 29 heavy (non-hydrogen) atoms. The van der Waals surface area contributed by atoms with Crippen molar-refractivity contribution < 1.29 is 18.0 Å². The largest absolute Gasteiger partial charge is 0.444 e. The lowest BCUT2D eigenvalue weighted by Crippen LogP contribution is -2.13. The highest BCUT2D eigenvalue weighted by atomic mass is 19.3. The van der Waals surface area contributed by atoms with E-state index in [1.807, 2.05) is 0 Å². The molecule has 3 heterocycles. The Morgan fingerprint density at radius 2 is 1.86 bits per heavy atom. The zero-order valence-corrected chi connectivity index (χ0v) is 14.8. The van der Waals surface area contributed by atoms with Crippen LogP contribution in [0.3, 0.4) is 0 Å². The minimum atomic E-state index is -2.88. The molecular weight excluding hydrogens is 382 g/mol. The predicted molar refractivity (Wildman–Crippen MR) is 101 cm³/mol. The molecule has 0 aliphatic carbocycles. The van der Waals surface area contributed by atoms with Crippen LogP contribution in [0.15, 0.2) is 65.7 Å². The summed E-state index contributed by atoms with van der Waals surface area (Å²) in [6, 6.07) is 9.82. The van der Waals surface area contributed by atoms with Crippen LogP contribution in [0.5, 0.6) is 0 Å². The maximum atomic E-state index is 13.4. The number of aromatic nitrogens is 4. The highest BCUT2D eigenvalue weighted by Gasteiger charge is 2.22. The van der Waals surface area contributed by atoms with Crippen molar-refractivity contribution in [3.63, 3.8) is 0 Å². The average Bonchev–Trinajstić information content (AvgIpc) is 3.37. The summed E-state index contributed by atoms with van der Waals surface area (Å²) in [5, 5.41) is 6.28. The number of benzene rings is 1. The normalized spacial score (nSPS) is 11.0. The van der Waals surface area contributed by atoms with Gasteiger partial charge in [0.15, 0.2) is 11.4 Å². The van der Waals surface area contributed by atoms with Gasteiger partial charge >= 0.3 is 0 Å². The van der Waals surface area contributed by atoms with Gasteiger partial charge in [0.2, 0.25) is 5.89 Å². The van der Waals surface area contributed by atoms with E-state index in [4.69, 9.17) is 10.2 Å². The van der Waals surface area contributed by atoms with Crippen molar-refractivity contribution in [1.29, 1.82) is 0 Å². The number of alkyl halides is 2. The summed E-state index contributed by atoms with van der Waals surface area (Å²) >= 11 is 0. The van der Waals surface area contributed by atoms with Crippen LogP contribution in [0.1, 0.15) is 22.6 Å². The Bertz CT molecular complexity index is 1140. The van der Waals surface area contributed by atoms with E-state index in [9.17, 15) is 13.6 Å². The topological polar surface area (TPSA) is 112 Å². The number of hydrogen-bond acceptors (Lipinski definition) is 6. The fraction of sp³-hybridized carbons (Fsp3) is 0.0526. The van der Waals surface area contributed by atoms with Crippen LogP contribution in [-0.4, -0.2) is 25.7 Å². The highest BCUT2D eigenvalue weighted by molar-refractivity contribution is 6.03. The van der Waals surface area contributed by atoms with E-state index in [-0.39, 0.29) is 17.3 Å². The van der Waals surface area contributed by atoms with Crippen LogP contribution < -0.4 is 11.1 Å². The van der Waals surface area contributed by atoms with Gasteiger partial charge in [-0.25, -0.2) is 18.4 Å². The van der Waals surface area contributed by atoms with Crippen LogP contribution >= 0.6 is 0 Å². The molecule has 0 radical (unpaired) electrons. The first-order valence-corrected chi connectivity index (χ1v) is 8.42. The minimum absolute atomic E-state index is 0.0581. The third kappa shape index (κ3) is 3.81. The molecule has 0 spiro atoms. The summed E-state index contributed by atoms with van der Waals surface area (Å²) in [6.07, 6.45) is 2.68. The quantitative estimate of drug-likeness (QED) is 0.498. The molecular formula is C19H14F2N6O2. The molecule has 0 aliphatic heterocycles. The van der Waals surface area contributed by atoms with Gasteiger partial charge in [0.05, 0.1) is 17.6 Å². The second-order valence-electron chi connectivity index (χ2n) is 5.99. The molecule has 3 N–H and O–H groups in total. The van der Waals surface area contributed by atoms with Crippen molar-refractivity contribution in [2.75, 3.05) is 11.1 Å². The van der Waals surface area contributed by atoms with Gasteiger partial charge < -0.3 is 15.5 Å². The molecule has 0 aliphatic rings. The van der Waals surface area contributed by atoms with Gasteiger partial charge in [-0.3, -0.25) is 9.78 Å². The monoisotopic (exact) mass is 396 g/mol. The first kappa shape index (κ1) is 18.3. The molecule has 4 rings (SSSR count). The van der Waals surface area contributed by atoms with Gasteiger partial charge in [-0.2, -0.15) is 5.10 Å². The smallest absolute Gasteiger partial charge is 0.284 e. The van der Waals surface area contributed by atoms with Gasteiger partial charge in [0, 0.05) is 23.6 Å². The molecule has 146 valence electrons. The fourth-order valence-electron chi connectivity index (χ4n) is 2.60. The predicted octanol–water partition coefficient (Wildman–Crippen LogP) is 3.69. The SMILES string of the molecule is Nc1ccc(-n2cc(NC(=O)c3coc(-c4ccncc4)n3)c(C(F)F)n2)cc1. The Balaban J connectivity index is 1.59. The van der Waals surface area contributed by atoms with E-state index in [0.29, 0.717) is 16.9 Å². The van der Waals surface area contributed by atoms with Crippen LogP contribution in [0.4, 0.5) is 20.2 Å². The number of pyridine rings is 1. The Hall–Kier alpha value is -4.08. The number of nitrogens with two attached hydrogens (primary N) is 1.